The number of para-hydroxylation sites is 2. The zero-order valence-electron chi connectivity index (χ0n) is 15.1. The number of methoxy groups -OCH3 is 1. The molecule has 1 fully saturated rings. The molecule has 0 amide bonds. The third-order valence-corrected chi connectivity index (χ3v) is 6.48. The first-order valence-electron chi connectivity index (χ1n) is 9.00. The molecule has 1 aliphatic heterocycles. The SMILES string of the molecule is COc1ccc(S(=O)(=O)c2nc3ccccc3nc2N2CCCCC2)cc1. The number of piperidine rings is 1. The smallest absolute Gasteiger partial charge is 0.227 e. The van der Waals surface area contributed by atoms with Crippen molar-refractivity contribution >= 4 is 26.7 Å². The van der Waals surface area contributed by atoms with Crippen LogP contribution < -0.4 is 9.64 Å². The lowest BCUT2D eigenvalue weighted by Gasteiger charge is -2.29. The maximum Gasteiger partial charge on any atom is 0.227 e. The van der Waals surface area contributed by atoms with Crippen LogP contribution in [0.25, 0.3) is 11.0 Å². The van der Waals surface area contributed by atoms with Crippen LogP contribution in [0.4, 0.5) is 5.82 Å². The molecule has 0 bridgehead atoms. The summed E-state index contributed by atoms with van der Waals surface area (Å²) in [6.07, 6.45) is 3.20. The monoisotopic (exact) mass is 383 g/mol. The number of benzene rings is 2. The molecule has 140 valence electrons. The van der Waals surface area contributed by atoms with Crippen LogP contribution >= 0.6 is 0 Å². The lowest BCUT2D eigenvalue weighted by Crippen LogP contribution is -2.32. The Morgan fingerprint density at radius 1 is 0.889 bits per heavy atom. The van der Waals surface area contributed by atoms with Gasteiger partial charge in [0, 0.05) is 13.1 Å². The number of anilines is 1. The first-order chi connectivity index (χ1) is 13.1. The third kappa shape index (κ3) is 3.35. The molecule has 4 rings (SSSR count). The van der Waals surface area contributed by atoms with Gasteiger partial charge in [-0.3, -0.25) is 0 Å². The van der Waals surface area contributed by atoms with Crippen LogP contribution in [0, 0.1) is 0 Å². The Labute approximate surface area is 158 Å². The Morgan fingerprint density at radius 3 is 2.15 bits per heavy atom. The summed E-state index contributed by atoms with van der Waals surface area (Å²) < 4.78 is 31.9. The summed E-state index contributed by atoms with van der Waals surface area (Å²) in [5.41, 5.74) is 1.28. The Morgan fingerprint density at radius 2 is 1.52 bits per heavy atom. The van der Waals surface area contributed by atoms with Gasteiger partial charge in [0.25, 0.3) is 0 Å². The van der Waals surface area contributed by atoms with Gasteiger partial charge in [0.1, 0.15) is 5.75 Å². The summed E-state index contributed by atoms with van der Waals surface area (Å²) in [4.78, 5) is 11.4. The van der Waals surface area contributed by atoms with E-state index in [4.69, 9.17) is 4.74 Å². The first-order valence-corrected chi connectivity index (χ1v) is 10.5. The van der Waals surface area contributed by atoms with Crippen molar-refractivity contribution in [3.63, 3.8) is 0 Å². The normalized spacial score (nSPS) is 15.1. The number of hydrogen-bond acceptors (Lipinski definition) is 6. The highest BCUT2D eigenvalue weighted by molar-refractivity contribution is 7.91. The second-order valence-electron chi connectivity index (χ2n) is 6.57. The van der Waals surface area contributed by atoms with Crippen LogP contribution in [-0.2, 0) is 9.84 Å². The van der Waals surface area contributed by atoms with E-state index in [1.807, 2.05) is 23.1 Å². The fourth-order valence-electron chi connectivity index (χ4n) is 3.33. The molecule has 0 radical (unpaired) electrons. The number of rotatable bonds is 4. The Balaban J connectivity index is 1.89. The van der Waals surface area contributed by atoms with Crippen molar-refractivity contribution in [1.82, 2.24) is 9.97 Å². The standard InChI is InChI=1S/C20H21N3O3S/c1-26-15-9-11-16(12-10-15)27(24,25)20-19(23-13-5-2-6-14-23)21-17-7-3-4-8-18(17)22-20/h3-4,7-12H,2,5-6,13-14H2,1H3. The molecular formula is C20H21N3O3S. The zero-order chi connectivity index (χ0) is 18.9. The van der Waals surface area contributed by atoms with Crippen LogP contribution in [0.15, 0.2) is 58.5 Å². The molecular weight excluding hydrogens is 362 g/mol. The number of fused-ring (bicyclic) bond motifs is 1. The molecule has 0 N–H and O–H groups in total. The number of nitrogens with zero attached hydrogens (tertiary/aromatic N) is 3. The van der Waals surface area contributed by atoms with Gasteiger partial charge in [0.2, 0.25) is 14.9 Å². The highest BCUT2D eigenvalue weighted by Gasteiger charge is 2.28. The molecule has 6 nitrogen and oxygen atoms in total. The Kier molecular flexibility index (Phi) is 4.70. The second-order valence-corrected chi connectivity index (χ2v) is 8.43. The highest BCUT2D eigenvalue weighted by atomic mass is 32.2. The highest BCUT2D eigenvalue weighted by Crippen LogP contribution is 2.31. The Bertz CT molecular complexity index is 1060. The van der Waals surface area contributed by atoms with Crippen molar-refractivity contribution in [3.8, 4) is 5.75 Å². The molecule has 27 heavy (non-hydrogen) atoms. The first kappa shape index (κ1) is 17.7. The third-order valence-electron chi connectivity index (χ3n) is 4.80. The van der Waals surface area contributed by atoms with Crippen LogP contribution in [0.1, 0.15) is 19.3 Å². The van der Waals surface area contributed by atoms with E-state index in [1.54, 1.807) is 37.4 Å². The second kappa shape index (κ2) is 7.15. The fraction of sp³-hybridized carbons (Fsp3) is 0.300. The quantitative estimate of drug-likeness (QED) is 0.687. The largest absolute Gasteiger partial charge is 0.497 e. The number of aromatic nitrogens is 2. The van der Waals surface area contributed by atoms with E-state index in [-0.39, 0.29) is 9.92 Å². The van der Waals surface area contributed by atoms with Gasteiger partial charge >= 0.3 is 0 Å². The topological polar surface area (TPSA) is 72.4 Å². The van der Waals surface area contributed by atoms with Crippen molar-refractivity contribution < 1.29 is 13.2 Å². The van der Waals surface area contributed by atoms with E-state index in [0.29, 0.717) is 22.6 Å². The lowest BCUT2D eigenvalue weighted by atomic mass is 10.1. The minimum atomic E-state index is -3.81. The molecule has 0 spiro atoms. The lowest BCUT2D eigenvalue weighted by molar-refractivity contribution is 0.414. The molecule has 1 aliphatic rings. The van der Waals surface area contributed by atoms with Gasteiger partial charge < -0.3 is 9.64 Å². The molecule has 0 unspecified atom stereocenters. The van der Waals surface area contributed by atoms with Crippen molar-refractivity contribution in [1.29, 1.82) is 0 Å². The fourth-order valence-corrected chi connectivity index (χ4v) is 4.68. The molecule has 1 aromatic heterocycles. The van der Waals surface area contributed by atoms with Gasteiger partial charge in [-0.1, -0.05) is 12.1 Å². The molecule has 2 aromatic carbocycles. The van der Waals surface area contributed by atoms with Gasteiger partial charge in [0.05, 0.1) is 23.0 Å². The minimum Gasteiger partial charge on any atom is -0.497 e. The molecule has 2 heterocycles. The summed E-state index contributed by atoms with van der Waals surface area (Å²) in [6, 6.07) is 13.7. The average molecular weight is 383 g/mol. The van der Waals surface area contributed by atoms with Crippen molar-refractivity contribution in [2.75, 3.05) is 25.1 Å². The summed E-state index contributed by atoms with van der Waals surface area (Å²) in [6.45, 7) is 1.58. The minimum absolute atomic E-state index is 0.0215. The molecule has 7 heteroatoms. The predicted molar refractivity (Wildman–Crippen MR) is 104 cm³/mol. The van der Waals surface area contributed by atoms with Crippen LogP contribution in [-0.4, -0.2) is 38.6 Å². The Hall–Kier alpha value is -2.67. The molecule has 0 atom stereocenters. The molecule has 0 aliphatic carbocycles. The van der Waals surface area contributed by atoms with E-state index in [9.17, 15) is 8.42 Å². The zero-order valence-corrected chi connectivity index (χ0v) is 15.9. The number of ether oxygens (including phenoxy) is 1. The van der Waals surface area contributed by atoms with Crippen molar-refractivity contribution in [2.24, 2.45) is 0 Å². The van der Waals surface area contributed by atoms with Crippen molar-refractivity contribution in [3.05, 3.63) is 48.5 Å². The summed E-state index contributed by atoms with van der Waals surface area (Å²) in [5.74, 6) is 1.05. The van der Waals surface area contributed by atoms with E-state index in [0.717, 1.165) is 32.4 Å². The number of hydrogen-bond donors (Lipinski definition) is 0. The predicted octanol–water partition coefficient (Wildman–Crippen LogP) is 3.46. The molecule has 0 saturated carbocycles. The molecule has 3 aromatic rings. The van der Waals surface area contributed by atoms with Crippen LogP contribution in [0.2, 0.25) is 0 Å². The van der Waals surface area contributed by atoms with Crippen molar-refractivity contribution in [2.45, 2.75) is 29.2 Å². The van der Waals surface area contributed by atoms with Gasteiger partial charge in [-0.25, -0.2) is 18.4 Å². The van der Waals surface area contributed by atoms with E-state index in [2.05, 4.69) is 9.97 Å². The summed E-state index contributed by atoms with van der Waals surface area (Å²) in [7, 11) is -2.26. The van der Waals surface area contributed by atoms with Gasteiger partial charge in [0.15, 0.2) is 5.82 Å². The average Bonchev–Trinajstić information content (AvgIpc) is 2.73. The molecule has 1 saturated heterocycles. The van der Waals surface area contributed by atoms with E-state index in [1.165, 1.54) is 0 Å². The number of sulfone groups is 1. The van der Waals surface area contributed by atoms with Gasteiger partial charge in [-0.05, 0) is 55.7 Å². The van der Waals surface area contributed by atoms with Crippen LogP contribution in [0.3, 0.4) is 0 Å². The maximum absolute atomic E-state index is 13.4. The van der Waals surface area contributed by atoms with E-state index < -0.39 is 9.84 Å². The van der Waals surface area contributed by atoms with E-state index >= 15 is 0 Å². The summed E-state index contributed by atoms with van der Waals surface area (Å²) in [5, 5.41) is 0.0215. The maximum atomic E-state index is 13.4. The van der Waals surface area contributed by atoms with Gasteiger partial charge in [-0.15, -0.1) is 0 Å². The van der Waals surface area contributed by atoms with Gasteiger partial charge in [-0.2, -0.15) is 0 Å². The van der Waals surface area contributed by atoms with Crippen LogP contribution in [0.5, 0.6) is 5.75 Å². The summed E-state index contributed by atoms with van der Waals surface area (Å²) >= 11 is 0.